The lowest BCUT2D eigenvalue weighted by Crippen LogP contribution is -2.16. The van der Waals surface area contributed by atoms with Crippen LogP contribution < -0.4 is 10.6 Å². The molecule has 0 unspecified atom stereocenters. The van der Waals surface area contributed by atoms with E-state index in [1.54, 1.807) is 13.0 Å². The molecule has 8 heteroatoms. The van der Waals surface area contributed by atoms with E-state index in [0.29, 0.717) is 12.2 Å². The quantitative estimate of drug-likeness (QED) is 0.818. The van der Waals surface area contributed by atoms with E-state index in [-0.39, 0.29) is 17.3 Å². The molecular formula is C16H15F3N4O. The van der Waals surface area contributed by atoms with Crippen molar-refractivity contribution in [3.63, 3.8) is 0 Å². The molecular weight excluding hydrogens is 321 g/mol. The summed E-state index contributed by atoms with van der Waals surface area (Å²) in [7, 11) is 0. The van der Waals surface area contributed by atoms with E-state index < -0.39 is 17.6 Å². The molecule has 0 aliphatic heterocycles. The predicted octanol–water partition coefficient (Wildman–Crippen LogP) is 3.65. The molecule has 0 saturated heterocycles. The Morgan fingerprint density at radius 2 is 2.04 bits per heavy atom. The summed E-state index contributed by atoms with van der Waals surface area (Å²) in [5.74, 6) is -0.384. The van der Waals surface area contributed by atoms with Gasteiger partial charge in [0.15, 0.2) is 0 Å². The van der Waals surface area contributed by atoms with Gasteiger partial charge in [0.2, 0.25) is 5.95 Å². The Balaban J connectivity index is 2.21. The molecule has 0 spiro atoms. The second kappa shape index (κ2) is 7.12. The van der Waals surface area contributed by atoms with Crippen molar-refractivity contribution in [2.24, 2.45) is 0 Å². The number of carbonyl (C=O) groups excluding carboxylic acids is 1. The molecule has 0 aliphatic carbocycles. The van der Waals surface area contributed by atoms with Gasteiger partial charge < -0.3 is 10.6 Å². The minimum atomic E-state index is -4.48. The van der Waals surface area contributed by atoms with Gasteiger partial charge in [-0.3, -0.25) is 4.79 Å². The second-order valence-corrected chi connectivity index (χ2v) is 4.92. The average Bonchev–Trinajstić information content (AvgIpc) is 2.52. The van der Waals surface area contributed by atoms with Crippen LogP contribution in [0, 0.1) is 6.92 Å². The fourth-order valence-electron chi connectivity index (χ4n) is 1.90. The van der Waals surface area contributed by atoms with Crippen LogP contribution in [0.5, 0.6) is 0 Å². The van der Waals surface area contributed by atoms with E-state index in [0.717, 1.165) is 12.1 Å². The number of rotatable bonds is 5. The summed E-state index contributed by atoms with van der Waals surface area (Å²) in [5, 5.41) is 5.26. The maximum Gasteiger partial charge on any atom is 0.416 e. The maximum absolute atomic E-state index is 12.7. The van der Waals surface area contributed by atoms with Crippen molar-refractivity contribution in [3.05, 3.63) is 59.9 Å². The Bertz CT molecular complexity index is 759. The molecule has 1 aromatic heterocycles. The molecule has 2 rings (SSSR count). The van der Waals surface area contributed by atoms with Crippen molar-refractivity contribution >= 4 is 17.5 Å². The van der Waals surface area contributed by atoms with Gasteiger partial charge in [-0.2, -0.15) is 13.2 Å². The van der Waals surface area contributed by atoms with Gasteiger partial charge in [0.1, 0.15) is 5.69 Å². The Kier molecular flexibility index (Phi) is 5.18. The van der Waals surface area contributed by atoms with Crippen LogP contribution >= 0.6 is 0 Å². The molecule has 0 atom stereocenters. The molecule has 0 bridgehead atoms. The lowest BCUT2D eigenvalue weighted by Gasteiger charge is -2.10. The number of benzene rings is 1. The van der Waals surface area contributed by atoms with E-state index in [1.165, 1.54) is 18.2 Å². The van der Waals surface area contributed by atoms with Crippen molar-refractivity contribution in [3.8, 4) is 0 Å². The average molecular weight is 336 g/mol. The van der Waals surface area contributed by atoms with Crippen molar-refractivity contribution < 1.29 is 18.0 Å². The molecule has 1 heterocycles. The summed E-state index contributed by atoms with van der Waals surface area (Å²) in [6, 6.07) is 5.84. The van der Waals surface area contributed by atoms with Crippen LogP contribution in [0.15, 0.2) is 43.0 Å². The van der Waals surface area contributed by atoms with E-state index in [1.807, 2.05) is 0 Å². The number of nitrogens with one attached hydrogen (secondary N) is 2. The summed E-state index contributed by atoms with van der Waals surface area (Å²) >= 11 is 0. The monoisotopic (exact) mass is 336 g/mol. The topological polar surface area (TPSA) is 66.9 Å². The van der Waals surface area contributed by atoms with E-state index in [9.17, 15) is 18.0 Å². The number of amides is 1. The van der Waals surface area contributed by atoms with E-state index in [2.05, 4.69) is 27.2 Å². The number of hydrogen-bond donors (Lipinski definition) is 2. The van der Waals surface area contributed by atoms with E-state index in [4.69, 9.17) is 0 Å². The zero-order valence-corrected chi connectivity index (χ0v) is 12.8. The largest absolute Gasteiger partial charge is 0.416 e. The van der Waals surface area contributed by atoms with Crippen molar-refractivity contribution in [2.45, 2.75) is 13.1 Å². The van der Waals surface area contributed by atoms with Crippen LogP contribution in [0.4, 0.5) is 24.8 Å². The highest BCUT2D eigenvalue weighted by Gasteiger charge is 2.30. The number of aromatic nitrogens is 2. The number of halogens is 3. The summed E-state index contributed by atoms with van der Waals surface area (Å²) in [4.78, 5) is 20.4. The van der Waals surface area contributed by atoms with Crippen LogP contribution in [0.25, 0.3) is 0 Å². The highest BCUT2D eigenvalue weighted by Crippen LogP contribution is 2.30. The summed E-state index contributed by atoms with van der Waals surface area (Å²) in [5.41, 5.74) is -0.212. The van der Waals surface area contributed by atoms with Crippen LogP contribution in [0.2, 0.25) is 0 Å². The molecule has 24 heavy (non-hydrogen) atoms. The van der Waals surface area contributed by atoms with Gasteiger partial charge in [-0.05, 0) is 31.2 Å². The third-order valence-electron chi connectivity index (χ3n) is 2.94. The second-order valence-electron chi connectivity index (χ2n) is 4.92. The SMILES string of the molecule is C=CCNc1nc(C)cc(C(=O)Nc2cccc(C(F)(F)F)c2)n1. The van der Waals surface area contributed by atoms with Crippen LogP contribution in [-0.4, -0.2) is 22.4 Å². The van der Waals surface area contributed by atoms with Gasteiger partial charge in [-0.15, -0.1) is 6.58 Å². The Labute approximate surface area is 136 Å². The van der Waals surface area contributed by atoms with Gasteiger partial charge in [-0.1, -0.05) is 12.1 Å². The van der Waals surface area contributed by atoms with Crippen molar-refractivity contribution in [2.75, 3.05) is 17.2 Å². The van der Waals surface area contributed by atoms with Gasteiger partial charge in [0.25, 0.3) is 5.91 Å². The predicted molar refractivity (Wildman–Crippen MR) is 84.9 cm³/mol. The molecule has 0 saturated carbocycles. The van der Waals surface area contributed by atoms with Crippen molar-refractivity contribution in [1.29, 1.82) is 0 Å². The maximum atomic E-state index is 12.7. The third-order valence-corrected chi connectivity index (χ3v) is 2.94. The number of hydrogen-bond acceptors (Lipinski definition) is 4. The number of anilines is 2. The Hall–Kier alpha value is -2.90. The molecule has 2 N–H and O–H groups in total. The number of alkyl halides is 3. The van der Waals surface area contributed by atoms with Gasteiger partial charge in [0, 0.05) is 17.9 Å². The number of carbonyl (C=O) groups is 1. The highest BCUT2D eigenvalue weighted by atomic mass is 19.4. The zero-order chi connectivity index (χ0) is 17.7. The third kappa shape index (κ3) is 4.55. The summed E-state index contributed by atoms with van der Waals surface area (Å²) in [6.07, 6.45) is -2.87. The molecule has 0 aliphatic rings. The molecule has 126 valence electrons. The van der Waals surface area contributed by atoms with Crippen LogP contribution in [0.1, 0.15) is 21.7 Å². The van der Waals surface area contributed by atoms with Crippen LogP contribution in [-0.2, 0) is 6.18 Å². The fourth-order valence-corrected chi connectivity index (χ4v) is 1.90. The first-order valence-corrected chi connectivity index (χ1v) is 6.98. The number of aryl methyl sites for hydroxylation is 1. The van der Waals surface area contributed by atoms with Gasteiger partial charge in [0.05, 0.1) is 5.56 Å². The summed E-state index contributed by atoms with van der Waals surface area (Å²) < 4.78 is 38.1. The minimum Gasteiger partial charge on any atom is -0.351 e. The molecule has 5 nitrogen and oxygen atoms in total. The lowest BCUT2D eigenvalue weighted by atomic mass is 10.2. The lowest BCUT2D eigenvalue weighted by molar-refractivity contribution is -0.137. The summed E-state index contributed by atoms with van der Waals surface area (Å²) in [6.45, 7) is 5.65. The number of nitrogens with zero attached hydrogens (tertiary/aromatic N) is 2. The first kappa shape index (κ1) is 17.5. The fraction of sp³-hybridized carbons (Fsp3) is 0.188. The molecule has 2 aromatic rings. The zero-order valence-electron chi connectivity index (χ0n) is 12.8. The standard InChI is InChI=1S/C16H15F3N4O/c1-3-7-20-15-21-10(2)8-13(23-15)14(24)22-12-6-4-5-11(9-12)16(17,18)19/h3-6,8-9H,1,7H2,2H3,(H,22,24)(H,20,21,23). The molecule has 0 fully saturated rings. The molecule has 1 amide bonds. The van der Waals surface area contributed by atoms with Crippen LogP contribution in [0.3, 0.4) is 0 Å². The highest BCUT2D eigenvalue weighted by molar-refractivity contribution is 6.03. The normalized spacial score (nSPS) is 11.0. The van der Waals surface area contributed by atoms with Crippen molar-refractivity contribution in [1.82, 2.24) is 9.97 Å². The Morgan fingerprint density at radius 3 is 2.71 bits per heavy atom. The minimum absolute atomic E-state index is 0.0340. The van der Waals surface area contributed by atoms with Gasteiger partial charge in [-0.25, -0.2) is 9.97 Å². The van der Waals surface area contributed by atoms with E-state index >= 15 is 0 Å². The first-order valence-electron chi connectivity index (χ1n) is 6.98. The first-order chi connectivity index (χ1) is 11.3. The Morgan fingerprint density at radius 1 is 1.29 bits per heavy atom. The molecule has 1 aromatic carbocycles. The van der Waals surface area contributed by atoms with Gasteiger partial charge >= 0.3 is 6.18 Å². The smallest absolute Gasteiger partial charge is 0.351 e. The molecule has 0 radical (unpaired) electrons.